The quantitative estimate of drug-likeness (QED) is 0.0561. The average molecular weight is 964 g/mol. The number of halogens is 3. The molecule has 6 rings (SSSR count). The smallest absolute Gasteiger partial charge is 0.338 e. The maximum Gasteiger partial charge on any atom is 0.338 e. The monoisotopic (exact) mass is 964 g/mol. The van der Waals surface area contributed by atoms with Gasteiger partial charge in [-0.2, -0.15) is 0 Å². The Morgan fingerprint density at radius 2 is 1.64 bits per heavy atom. The molecule has 0 spiro atoms. The van der Waals surface area contributed by atoms with Crippen LogP contribution in [-0.4, -0.2) is 28.4 Å². The Morgan fingerprint density at radius 3 is 2.30 bits per heavy atom. The average Bonchev–Trinajstić information content (AvgIpc) is 3.74. The zero-order valence-corrected chi connectivity index (χ0v) is 32.5. The van der Waals surface area contributed by atoms with Crippen LogP contribution in [0.25, 0.3) is 34.3 Å². The Morgan fingerprint density at radius 1 is 0.936 bits per heavy atom. The second-order valence-electron chi connectivity index (χ2n) is 10.7. The van der Waals surface area contributed by atoms with E-state index in [1.807, 2.05) is 72.8 Å². The zero-order chi connectivity index (χ0) is 33.2. The van der Waals surface area contributed by atoms with Crippen molar-refractivity contribution < 1.29 is 9.53 Å². The maximum atomic E-state index is 12.9. The molecule has 3 N–H and O–H groups in total. The minimum Gasteiger partial charge on any atom is -0.465 e. The molecule has 0 bridgehead atoms. The van der Waals surface area contributed by atoms with Crippen molar-refractivity contribution in [2.45, 2.75) is 32.7 Å². The van der Waals surface area contributed by atoms with E-state index in [4.69, 9.17) is 9.72 Å². The van der Waals surface area contributed by atoms with E-state index >= 15 is 0 Å². The lowest BCUT2D eigenvalue weighted by molar-refractivity contribution is 0.0600. The molecule has 0 atom stereocenters. The highest BCUT2D eigenvalue weighted by Crippen LogP contribution is 2.28. The van der Waals surface area contributed by atoms with Gasteiger partial charge in [-0.15, -0.1) is 10.6 Å². The van der Waals surface area contributed by atoms with Crippen molar-refractivity contribution in [3.63, 3.8) is 0 Å². The minimum atomic E-state index is -0.368. The van der Waals surface area contributed by atoms with E-state index in [1.165, 1.54) is 7.11 Å². The number of imidazole rings is 1. The zero-order valence-electron chi connectivity index (χ0n) is 26.0. The molecular formula is C36H35I3N6O2. The molecule has 2 heterocycles. The van der Waals surface area contributed by atoms with Crippen LogP contribution in [0.2, 0.25) is 0 Å². The van der Waals surface area contributed by atoms with Gasteiger partial charge < -0.3 is 9.30 Å². The Balaban J connectivity index is 0.00000103. The molecule has 11 heteroatoms. The lowest BCUT2D eigenvalue weighted by Gasteiger charge is -2.13. The van der Waals surface area contributed by atoms with Gasteiger partial charge in [0, 0.05) is 18.5 Å². The van der Waals surface area contributed by atoms with Gasteiger partial charge >= 0.3 is 5.97 Å². The third-order valence-electron chi connectivity index (χ3n) is 7.61. The van der Waals surface area contributed by atoms with Crippen molar-refractivity contribution in [1.29, 1.82) is 0 Å². The van der Waals surface area contributed by atoms with Crippen LogP contribution in [0.3, 0.4) is 0 Å². The first-order valence-corrected chi connectivity index (χ1v) is 18.9. The van der Waals surface area contributed by atoms with E-state index in [0.29, 0.717) is 12.1 Å². The number of hydrazine groups is 2. The molecule has 0 amide bonds. The molecule has 1 aliphatic rings. The van der Waals surface area contributed by atoms with E-state index < -0.39 is 0 Å². The van der Waals surface area contributed by atoms with Crippen molar-refractivity contribution in [2.24, 2.45) is 5.10 Å². The molecule has 0 fully saturated rings. The number of carbonyl (C=O) groups excluding carboxylic acids is 1. The first-order chi connectivity index (χ1) is 22.9. The van der Waals surface area contributed by atoms with Crippen molar-refractivity contribution in [1.82, 2.24) is 26.0 Å². The van der Waals surface area contributed by atoms with Crippen molar-refractivity contribution in [3.8, 4) is 11.1 Å². The van der Waals surface area contributed by atoms with E-state index in [1.54, 1.807) is 0 Å². The summed E-state index contributed by atoms with van der Waals surface area (Å²) in [5.41, 5.74) is 17.1. The van der Waals surface area contributed by atoms with Gasteiger partial charge in [0.15, 0.2) is 5.84 Å². The normalized spacial score (nSPS) is 12.4. The van der Waals surface area contributed by atoms with E-state index in [9.17, 15) is 4.79 Å². The van der Waals surface area contributed by atoms with Gasteiger partial charge in [-0.3, -0.25) is 5.43 Å². The number of hydrogen-bond donors (Lipinski definition) is 3. The van der Waals surface area contributed by atoms with Crippen LogP contribution in [0.15, 0.2) is 96.1 Å². The van der Waals surface area contributed by atoms with Crippen LogP contribution < -0.4 is 16.5 Å². The standard InChI is InChI=1S/C35H34N6O2.CHI3/c1-3-4-14-33-36-31-21-27(20-15-24-10-6-5-7-11-24)30(35(42)43-2)22-32(31)41(33)23-25-16-18-26(19-17-25)28-12-8-9-13-29(28)34-37-39-40-38-34;2-1(3)4/h5-13,15-22,39-40H,3-4,14,23H2,1-2H3,(H,37,38);1H/b20-15+;. The van der Waals surface area contributed by atoms with Gasteiger partial charge in [0.2, 0.25) is 0 Å². The molecule has 0 aliphatic carbocycles. The molecule has 1 aliphatic heterocycles. The molecule has 0 saturated heterocycles. The SMILES string of the molecule is CCCCc1nc2cc(/C=C/c3ccccc3)c(C(=O)OC)cc2n1Cc1ccc(-c2ccccc2C2=NNNN2)cc1.IC(I)I. The number of fused-ring (bicyclic) bond motifs is 1. The molecule has 5 aromatic rings. The summed E-state index contributed by atoms with van der Waals surface area (Å²) in [4.78, 5) is 18.0. The van der Waals surface area contributed by atoms with E-state index in [0.717, 1.165) is 75.3 Å². The number of hydrogen-bond acceptors (Lipinski definition) is 7. The molecule has 8 nitrogen and oxygen atoms in total. The summed E-state index contributed by atoms with van der Waals surface area (Å²) in [6.07, 6.45) is 6.93. The number of aryl methyl sites for hydroxylation is 1. The summed E-state index contributed by atoms with van der Waals surface area (Å²) in [5, 5.41) is 4.28. The molecule has 0 radical (unpaired) electrons. The number of esters is 1. The highest BCUT2D eigenvalue weighted by atomic mass is 127. The van der Waals surface area contributed by atoms with Crippen LogP contribution >= 0.6 is 67.8 Å². The molecule has 0 unspecified atom stereocenters. The lowest BCUT2D eigenvalue weighted by atomic mass is 9.98. The largest absolute Gasteiger partial charge is 0.465 e. The van der Waals surface area contributed by atoms with Crippen LogP contribution in [0, 0.1) is 0 Å². The van der Waals surface area contributed by atoms with Crippen LogP contribution in [0.1, 0.15) is 58.2 Å². The number of hydrazone groups is 1. The summed E-state index contributed by atoms with van der Waals surface area (Å²) >= 11 is 6.95. The fourth-order valence-electron chi connectivity index (χ4n) is 5.35. The number of aromatic nitrogens is 2. The van der Waals surface area contributed by atoms with Gasteiger partial charge in [0.25, 0.3) is 0 Å². The molecule has 47 heavy (non-hydrogen) atoms. The van der Waals surface area contributed by atoms with Crippen LogP contribution in [0.4, 0.5) is 0 Å². The van der Waals surface area contributed by atoms with Gasteiger partial charge in [0.1, 0.15) is 5.76 Å². The molecule has 0 saturated carbocycles. The number of nitrogens with one attached hydrogen (secondary N) is 3. The number of nitrogens with zero attached hydrogens (tertiary/aromatic N) is 3. The second-order valence-corrected chi connectivity index (χ2v) is 21.6. The number of carbonyl (C=O) groups is 1. The van der Waals surface area contributed by atoms with Gasteiger partial charge in [-0.1, -0.05) is 172 Å². The Hall–Kier alpha value is -3.02. The summed E-state index contributed by atoms with van der Waals surface area (Å²) < 4.78 is 8.17. The van der Waals surface area contributed by atoms with Gasteiger partial charge in [0.05, 0.1) is 23.7 Å². The highest BCUT2D eigenvalue weighted by molar-refractivity contribution is 14.3. The number of rotatable bonds is 10. The molecule has 242 valence electrons. The number of ether oxygens (including phenoxy) is 1. The van der Waals surface area contributed by atoms with Crippen LogP contribution in [0.5, 0.6) is 0 Å². The van der Waals surface area contributed by atoms with Crippen LogP contribution in [-0.2, 0) is 17.7 Å². The van der Waals surface area contributed by atoms with E-state index in [-0.39, 0.29) is 5.97 Å². The number of alkyl halides is 3. The Labute approximate surface area is 316 Å². The summed E-state index contributed by atoms with van der Waals surface area (Å²) in [7, 11) is 1.42. The van der Waals surface area contributed by atoms with Crippen molar-refractivity contribution in [2.75, 3.05) is 7.11 Å². The third kappa shape index (κ3) is 9.32. The predicted molar refractivity (Wildman–Crippen MR) is 218 cm³/mol. The minimum absolute atomic E-state index is 0.368. The molecular weight excluding hydrogens is 929 g/mol. The predicted octanol–water partition coefficient (Wildman–Crippen LogP) is 8.90. The number of benzene rings is 4. The number of amidine groups is 1. The summed E-state index contributed by atoms with van der Waals surface area (Å²) in [6.45, 7) is 2.82. The van der Waals surface area contributed by atoms with Crippen molar-refractivity contribution in [3.05, 3.63) is 125 Å². The summed E-state index contributed by atoms with van der Waals surface area (Å²) in [5.74, 6) is 1.38. The van der Waals surface area contributed by atoms with Crippen molar-refractivity contribution >= 4 is 103 Å². The molecule has 4 aromatic carbocycles. The third-order valence-corrected chi connectivity index (χ3v) is 7.61. The Bertz CT molecular complexity index is 1870. The first-order valence-electron chi connectivity index (χ1n) is 15.2. The number of unbranched alkanes of at least 4 members (excludes halogenated alkanes) is 1. The second kappa shape index (κ2) is 17.4. The fraction of sp³-hybridized carbons (Fsp3) is 0.194. The molecule has 1 aromatic heterocycles. The first kappa shape index (κ1) is 35.3. The van der Waals surface area contributed by atoms with Gasteiger partial charge in [-0.05, 0) is 46.4 Å². The lowest BCUT2D eigenvalue weighted by Crippen LogP contribution is -2.35. The maximum absolute atomic E-state index is 12.9. The van der Waals surface area contributed by atoms with E-state index in [2.05, 4.69) is 131 Å². The summed E-state index contributed by atoms with van der Waals surface area (Å²) in [6, 6.07) is 30.7. The fourth-order valence-corrected chi connectivity index (χ4v) is 5.35. The topological polar surface area (TPSA) is 92.6 Å². The highest BCUT2D eigenvalue weighted by Gasteiger charge is 2.18. The van der Waals surface area contributed by atoms with Gasteiger partial charge in [-0.25, -0.2) is 15.3 Å². The number of methoxy groups -OCH3 is 1. The Kier molecular flexibility index (Phi) is 13.1.